The van der Waals surface area contributed by atoms with E-state index in [1.165, 1.54) is 6.20 Å². The zero-order valence-electron chi connectivity index (χ0n) is 16.0. The summed E-state index contributed by atoms with van der Waals surface area (Å²) in [5.74, 6) is -0.363. The maximum atomic E-state index is 13.0. The standard InChI is InChI=1S/C21H26N4O2/c1-13-9-10-18(16-7-5-4-6-8-16)25(12-13)21(27)20(26)24-17-11-23-19(22)15(3)14(17)2/h4-8,11,13,18H,9-10,12H2,1-3H3,(H2,22,23)(H,24,26)/t13-,18+/m0/s1. The van der Waals surface area contributed by atoms with Crippen LogP contribution in [0.5, 0.6) is 0 Å². The van der Waals surface area contributed by atoms with Gasteiger partial charge in [0.2, 0.25) is 0 Å². The number of nitrogens with zero attached hydrogens (tertiary/aromatic N) is 2. The number of nitrogens with one attached hydrogen (secondary N) is 1. The van der Waals surface area contributed by atoms with Crippen LogP contribution in [0.15, 0.2) is 36.5 Å². The smallest absolute Gasteiger partial charge is 0.313 e. The van der Waals surface area contributed by atoms with Gasteiger partial charge in [-0.15, -0.1) is 0 Å². The molecule has 2 aromatic rings. The van der Waals surface area contributed by atoms with Crippen LogP contribution in [0, 0.1) is 19.8 Å². The number of nitrogens with two attached hydrogens (primary N) is 1. The molecule has 3 rings (SSSR count). The predicted octanol–water partition coefficient (Wildman–Crippen LogP) is 3.22. The van der Waals surface area contributed by atoms with Gasteiger partial charge < -0.3 is 16.0 Å². The molecule has 1 aromatic heterocycles. The molecule has 1 saturated heterocycles. The largest absolute Gasteiger partial charge is 0.383 e. The third-order valence-corrected chi connectivity index (χ3v) is 5.39. The Hall–Kier alpha value is -2.89. The van der Waals surface area contributed by atoms with Gasteiger partial charge in [0.05, 0.1) is 17.9 Å². The van der Waals surface area contributed by atoms with Crippen LogP contribution in [0.4, 0.5) is 11.5 Å². The summed E-state index contributed by atoms with van der Waals surface area (Å²) in [5.41, 5.74) is 8.99. The number of hydrogen-bond donors (Lipinski definition) is 2. The van der Waals surface area contributed by atoms with Crippen molar-refractivity contribution < 1.29 is 9.59 Å². The summed E-state index contributed by atoms with van der Waals surface area (Å²) in [6.45, 7) is 6.37. The normalized spacial score (nSPS) is 19.6. The van der Waals surface area contributed by atoms with Gasteiger partial charge >= 0.3 is 11.8 Å². The second-order valence-electron chi connectivity index (χ2n) is 7.33. The van der Waals surface area contributed by atoms with Crippen molar-refractivity contribution in [3.63, 3.8) is 0 Å². The zero-order valence-corrected chi connectivity index (χ0v) is 16.0. The summed E-state index contributed by atoms with van der Waals surface area (Å²) >= 11 is 0. The number of aromatic nitrogens is 1. The highest BCUT2D eigenvalue weighted by Gasteiger charge is 2.34. The van der Waals surface area contributed by atoms with Gasteiger partial charge in [-0.05, 0) is 49.3 Å². The zero-order chi connectivity index (χ0) is 19.6. The Bertz CT molecular complexity index is 851. The van der Waals surface area contributed by atoms with Crippen molar-refractivity contribution >= 4 is 23.3 Å². The summed E-state index contributed by atoms with van der Waals surface area (Å²) in [5, 5.41) is 2.71. The molecule has 6 heteroatoms. The van der Waals surface area contributed by atoms with Crippen LogP contribution in [0.3, 0.4) is 0 Å². The number of pyridine rings is 1. The number of amides is 2. The van der Waals surface area contributed by atoms with Gasteiger partial charge in [-0.2, -0.15) is 0 Å². The molecule has 0 radical (unpaired) electrons. The highest BCUT2D eigenvalue weighted by Crippen LogP contribution is 2.33. The number of anilines is 2. The lowest BCUT2D eigenvalue weighted by Crippen LogP contribution is -2.46. The Morgan fingerprint density at radius 2 is 1.85 bits per heavy atom. The third-order valence-electron chi connectivity index (χ3n) is 5.39. The minimum Gasteiger partial charge on any atom is -0.383 e. The molecule has 0 spiro atoms. The van der Waals surface area contributed by atoms with Gasteiger partial charge in [0.1, 0.15) is 5.82 Å². The average molecular weight is 366 g/mol. The van der Waals surface area contributed by atoms with E-state index in [-0.39, 0.29) is 6.04 Å². The predicted molar refractivity (Wildman–Crippen MR) is 106 cm³/mol. The van der Waals surface area contributed by atoms with Crippen LogP contribution < -0.4 is 11.1 Å². The fourth-order valence-electron chi connectivity index (χ4n) is 3.55. The van der Waals surface area contributed by atoms with E-state index >= 15 is 0 Å². The summed E-state index contributed by atoms with van der Waals surface area (Å²) in [4.78, 5) is 31.4. The second-order valence-corrected chi connectivity index (χ2v) is 7.33. The second kappa shape index (κ2) is 7.78. The number of nitrogen functional groups attached to an aromatic ring is 1. The maximum absolute atomic E-state index is 13.0. The third kappa shape index (κ3) is 3.94. The molecule has 0 aliphatic carbocycles. The van der Waals surface area contributed by atoms with Gasteiger partial charge in [0.25, 0.3) is 0 Å². The molecule has 142 valence electrons. The van der Waals surface area contributed by atoms with Crippen LogP contribution in [0.1, 0.15) is 42.5 Å². The van der Waals surface area contributed by atoms with E-state index in [1.54, 1.807) is 4.90 Å². The molecule has 0 unspecified atom stereocenters. The fraction of sp³-hybridized carbons (Fsp3) is 0.381. The first-order chi connectivity index (χ1) is 12.9. The molecule has 6 nitrogen and oxygen atoms in total. The number of hydrogen-bond acceptors (Lipinski definition) is 4. The number of piperidine rings is 1. The van der Waals surface area contributed by atoms with Crippen LogP contribution in [-0.4, -0.2) is 28.2 Å². The number of likely N-dealkylation sites (tertiary alicyclic amines) is 1. The molecule has 1 aromatic carbocycles. The number of carbonyl (C=O) groups excluding carboxylic acids is 2. The highest BCUT2D eigenvalue weighted by atomic mass is 16.2. The summed E-state index contributed by atoms with van der Waals surface area (Å²) < 4.78 is 0. The van der Waals surface area contributed by atoms with Crippen LogP contribution in [0.2, 0.25) is 0 Å². The summed E-state index contributed by atoms with van der Waals surface area (Å²) in [6, 6.07) is 9.82. The maximum Gasteiger partial charge on any atom is 0.313 e. The van der Waals surface area contributed by atoms with Crippen molar-refractivity contribution in [2.24, 2.45) is 5.92 Å². The first-order valence-corrected chi connectivity index (χ1v) is 9.27. The lowest BCUT2D eigenvalue weighted by Gasteiger charge is -2.38. The van der Waals surface area contributed by atoms with Gasteiger partial charge in [-0.25, -0.2) is 4.98 Å². The molecule has 1 aliphatic heterocycles. The Morgan fingerprint density at radius 3 is 2.56 bits per heavy atom. The van der Waals surface area contributed by atoms with E-state index in [9.17, 15) is 9.59 Å². The van der Waals surface area contributed by atoms with Gasteiger partial charge in [-0.1, -0.05) is 37.3 Å². The van der Waals surface area contributed by atoms with E-state index < -0.39 is 11.8 Å². The molecule has 1 aliphatic rings. The molecular formula is C21H26N4O2. The molecule has 2 heterocycles. The Balaban J connectivity index is 1.81. The van der Waals surface area contributed by atoms with E-state index in [4.69, 9.17) is 5.73 Å². The van der Waals surface area contributed by atoms with E-state index in [1.807, 2.05) is 44.2 Å². The van der Waals surface area contributed by atoms with E-state index in [2.05, 4.69) is 17.2 Å². The quantitative estimate of drug-likeness (QED) is 0.799. The number of rotatable bonds is 2. The summed E-state index contributed by atoms with van der Waals surface area (Å²) in [6.07, 6.45) is 3.38. The van der Waals surface area contributed by atoms with Crippen LogP contribution in [0.25, 0.3) is 0 Å². The van der Waals surface area contributed by atoms with Gasteiger partial charge in [0, 0.05) is 6.54 Å². The van der Waals surface area contributed by atoms with Crippen molar-refractivity contribution in [2.75, 3.05) is 17.6 Å². The first kappa shape index (κ1) is 18.9. The first-order valence-electron chi connectivity index (χ1n) is 9.27. The van der Waals surface area contributed by atoms with Gasteiger partial charge in [-0.3, -0.25) is 9.59 Å². The Kier molecular flexibility index (Phi) is 5.44. The SMILES string of the molecule is Cc1c(NC(=O)C(=O)N2C[C@@H](C)CC[C@@H]2c2ccccc2)cnc(N)c1C. The van der Waals surface area contributed by atoms with Crippen LogP contribution >= 0.6 is 0 Å². The average Bonchev–Trinajstić information content (AvgIpc) is 2.68. The molecule has 2 amide bonds. The highest BCUT2D eigenvalue weighted by molar-refractivity contribution is 6.39. The van der Waals surface area contributed by atoms with Crippen molar-refractivity contribution in [1.82, 2.24) is 9.88 Å². The molecule has 0 saturated carbocycles. The number of carbonyl (C=O) groups is 2. The summed E-state index contributed by atoms with van der Waals surface area (Å²) in [7, 11) is 0. The van der Waals surface area contributed by atoms with Crippen LogP contribution in [-0.2, 0) is 9.59 Å². The molecule has 27 heavy (non-hydrogen) atoms. The lowest BCUT2D eigenvalue weighted by molar-refractivity contribution is -0.146. The van der Waals surface area contributed by atoms with E-state index in [0.29, 0.717) is 24.0 Å². The molecule has 2 atom stereocenters. The van der Waals surface area contributed by atoms with Crippen molar-refractivity contribution in [3.8, 4) is 0 Å². The van der Waals surface area contributed by atoms with Crippen molar-refractivity contribution in [2.45, 2.75) is 39.7 Å². The van der Waals surface area contributed by atoms with Gasteiger partial charge in [0.15, 0.2) is 0 Å². The number of benzene rings is 1. The van der Waals surface area contributed by atoms with E-state index in [0.717, 1.165) is 29.5 Å². The Labute approximate surface area is 159 Å². The molecular weight excluding hydrogens is 340 g/mol. The molecule has 1 fully saturated rings. The lowest BCUT2D eigenvalue weighted by atomic mass is 9.90. The Morgan fingerprint density at radius 1 is 1.15 bits per heavy atom. The fourth-order valence-corrected chi connectivity index (χ4v) is 3.55. The van der Waals surface area contributed by atoms with Crippen molar-refractivity contribution in [3.05, 3.63) is 53.2 Å². The topological polar surface area (TPSA) is 88.3 Å². The molecule has 0 bridgehead atoms. The molecule has 3 N–H and O–H groups in total. The van der Waals surface area contributed by atoms with Crippen molar-refractivity contribution in [1.29, 1.82) is 0 Å². The minimum absolute atomic E-state index is 0.0759. The minimum atomic E-state index is -0.640. The monoisotopic (exact) mass is 366 g/mol.